The minimum Gasteiger partial charge on any atom is -0.494 e. The molecule has 2 aromatic rings. The van der Waals surface area contributed by atoms with Gasteiger partial charge in [0, 0.05) is 18.2 Å². The minimum absolute atomic E-state index is 0.0617. The summed E-state index contributed by atoms with van der Waals surface area (Å²) in [5, 5.41) is 24.1. The van der Waals surface area contributed by atoms with Crippen LogP contribution in [0.3, 0.4) is 0 Å². The van der Waals surface area contributed by atoms with Crippen molar-refractivity contribution in [1.29, 1.82) is 0 Å². The van der Waals surface area contributed by atoms with Crippen LogP contribution in [0.5, 0.6) is 5.75 Å². The highest BCUT2D eigenvalue weighted by molar-refractivity contribution is 5.97. The fourth-order valence-electron chi connectivity index (χ4n) is 2.17. The molecular weight excluding hydrogens is 330 g/mol. The number of hydrogen-bond acceptors (Lipinski definition) is 6. The zero-order chi connectivity index (χ0) is 18.6. The summed E-state index contributed by atoms with van der Waals surface area (Å²) in [6, 6.07) is 9.53. The number of nitro groups is 2. The lowest BCUT2D eigenvalue weighted by molar-refractivity contribution is -0.385. The summed E-state index contributed by atoms with van der Waals surface area (Å²) in [6.07, 6.45) is 0. The van der Waals surface area contributed by atoms with E-state index in [1.807, 2.05) is 0 Å². The number of non-ortho nitro benzene ring substituents is 2. The molecule has 130 valence electrons. The van der Waals surface area contributed by atoms with E-state index in [2.05, 4.69) is 5.32 Å². The van der Waals surface area contributed by atoms with Crippen molar-refractivity contribution in [3.63, 3.8) is 0 Å². The molecule has 0 saturated heterocycles. The Balaban J connectivity index is 2.18. The van der Waals surface area contributed by atoms with Crippen LogP contribution in [-0.2, 0) is 4.79 Å². The lowest BCUT2D eigenvalue weighted by atomic mass is 10.00. The minimum atomic E-state index is -0.583. The Morgan fingerprint density at radius 1 is 1.04 bits per heavy atom. The highest BCUT2D eigenvalue weighted by Gasteiger charge is 2.19. The highest BCUT2D eigenvalue weighted by Crippen LogP contribution is 2.30. The number of anilines is 1. The smallest absolute Gasteiger partial charge is 0.273 e. The molecule has 1 atom stereocenters. The molecule has 0 saturated carbocycles. The fraction of sp³-hybridized carbons (Fsp3) is 0.188. The normalized spacial score (nSPS) is 11.4. The zero-order valence-corrected chi connectivity index (χ0v) is 13.5. The molecule has 0 fully saturated rings. The molecule has 1 unspecified atom stereocenters. The molecule has 1 N–H and O–H groups in total. The molecule has 2 aromatic carbocycles. The Bertz CT molecular complexity index is 819. The van der Waals surface area contributed by atoms with Gasteiger partial charge in [0.15, 0.2) is 0 Å². The number of ether oxygens (including phenoxy) is 1. The van der Waals surface area contributed by atoms with Crippen molar-refractivity contribution in [2.24, 2.45) is 0 Å². The third kappa shape index (κ3) is 4.08. The highest BCUT2D eigenvalue weighted by atomic mass is 16.6. The van der Waals surface area contributed by atoms with Crippen LogP contribution < -0.4 is 10.1 Å². The molecule has 0 aliphatic heterocycles. The number of nitrogens with zero attached hydrogens (tertiary/aromatic N) is 2. The van der Waals surface area contributed by atoms with E-state index in [4.69, 9.17) is 4.74 Å². The fourth-order valence-corrected chi connectivity index (χ4v) is 2.17. The standard InChI is InChI=1S/C16H15N3O6/c1-10(11-3-5-12(6-4-11)18(21)22)16(20)17-14-8-7-13(19(23)24)9-15(14)25-2/h3-10H,1-2H3,(H,17,20). The summed E-state index contributed by atoms with van der Waals surface area (Å²) in [7, 11) is 1.34. The maximum absolute atomic E-state index is 12.4. The van der Waals surface area contributed by atoms with E-state index >= 15 is 0 Å². The first-order chi connectivity index (χ1) is 11.8. The molecule has 0 spiro atoms. The predicted molar refractivity (Wildman–Crippen MR) is 89.8 cm³/mol. The molecule has 2 rings (SSSR count). The van der Waals surface area contributed by atoms with E-state index in [1.54, 1.807) is 6.92 Å². The van der Waals surface area contributed by atoms with E-state index < -0.39 is 15.8 Å². The van der Waals surface area contributed by atoms with Gasteiger partial charge in [0.1, 0.15) is 5.75 Å². The second kappa shape index (κ2) is 7.39. The van der Waals surface area contributed by atoms with Crippen molar-refractivity contribution in [2.75, 3.05) is 12.4 Å². The van der Waals surface area contributed by atoms with Crippen LogP contribution >= 0.6 is 0 Å². The SMILES string of the molecule is COc1cc([N+](=O)[O-])ccc1NC(=O)C(C)c1ccc([N+](=O)[O-])cc1. The van der Waals surface area contributed by atoms with Crippen LogP contribution in [0.15, 0.2) is 42.5 Å². The summed E-state index contributed by atoms with van der Waals surface area (Å²) in [5.41, 5.74) is 0.683. The van der Waals surface area contributed by atoms with Gasteiger partial charge >= 0.3 is 0 Å². The second-order valence-corrected chi connectivity index (χ2v) is 5.20. The van der Waals surface area contributed by atoms with E-state index in [0.717, 1.165) is 0 Å². The van der Waals surface area contributed by atoms with Crippen molar-refractivity contribution in [3.8, 4) is 5.75 Å². The molecule has 0 heterocycles. The van der Waals surface area contributed by atoms with Gasteiger partial charge in [0.25, 0.3) is 11.4 Å². The number of benzene rings is 2. The third-order valence-electron chi connectivity index (χ3n) is 3.65. The van der Waals surface area contributed by atoms with Crippen molar-refractivity contribution in [2.45, 2.75) is 12.8 Å². The van der Waals surface area contributed by atoms with Gasteiger partial charge in [-0.2, -0.15) is 0 Å². The van der Waals surface area contributed by atoms with Gasteiger partial charge in [-0.15, -0.1) is 0 Å². The molecular formula is C16H15N3O6. The Labute approximate surface area is 142 Å². The number of carbonyl (C=O) groups excluding carboxylic acids is 1. The zero-order valence-electron chi connectivity index (χ0n) is 13.5. The molecule has 0 radical (unpaired) electrons. The Kier molecular flexibility index (Phi) is 5.28. The number of nitrogens with one attached hydrogen (secondary N) is 1. The molecule has 0 aliphatic rings. The lowest BCUT2D eigenvalue weighted by Gasteiger charge is -2.14. The molecule has 25 heavy (non-hydrogen) atoms. The van der Waals surface area contributed by atoms with Crippen LogP contribution in [0, 0.1) is 20.2 Å². The first-order valence-corrected chi connectivity index (χ1v) is 7.21. The second-order valence-electron chi connectivity index (χ2n) is 5.20. The maximum Gasteiger partial charge on any atom is 0.273 e. The summed E-state index contributed by atoms with van der Waals surface area (Å²) in [5.74, 6) is -0.792. The number of nitro benzene ring substituents is 2. The molecule has 9 heteroatoms. The number of methoxy groups -OCH3 is 1. The molecule has 1 amide bonds. The summed E-state index contributed by atoms with van der Waals surface area (Å²) in [6.45, 7) is 1.65. The Morgan fingerprint density at radius 2 is 1.60 bits per heavy atom. The number of amides is 1. The van der Waals surface area contributed by atoms with Gasteiger partial charge in [0.05, 0.1) is 34.6 Å². The van der Waals surface area contributed by atoms with Gasteiger partial charge in [-0.3, -0.25) is 25.0 Å². The average molecular weight is 345 g/mol. The number of carbonyl (C=O) groups is 1. The first-order valence-electron chi connectivity index (χ1n) is 7.21. The van der Waals surface area contributed by atoms with Crippen molar-refractivity contribution in [3.05, 3.63) is 68.3 Å². The monoisotopic (exact) mass is 345 g/mol. The van der Waals surface area contributed by atoms with Gasteiger partial charge in [-0.05, 0) is 18.6 Å². The average Bonchev–Trinajstić information content (AvgIpc) is 2.61. The molecule has 0 aliphatic carbocycles. The van der Waals surface area contributed by atoms with Crippen molar-refractivity contribution < 1.29 is 19.4 Å². The van der Waals surface area contributed by atoms with E-state index in [9.17, 15) is 25.0 Å². The molecule has 9 nitrogen and oxygen atoms in total. The van der Waals surface area contributed by atoms with Gasteiger partial charge in [0.2, 0.25) is 5.91 Å². The quantitative estimate of drug-likeness (QED) is 0.633. The first kappa shape index (κ1) is 17.9. The van der Waals surface area contributed by atoms with Crippen LogP contribution in [0.1, 0.15) is 18.4 Å². The maximum atomic E-state index is 12.4. The number of hydrogen-bond donors (Lipinski definition) is 1. The number of rotatable bonds is 6. The molecule has 0 bridgehead atoms. The summed E-state index contributed by atoms with van der Waals surface area (Å²) in [4.78, 5) is 32.8. The Morgan fingerprint density at radius 3 is 2.12 bits per heavy atom. The van der Waals surface area contributed by atoms with Gasteiger partial charge in [-0.1, -0.05) is 12.1 Å². The largest absolute Gasteiger partial charge is 0.494 e. The van der Waals surface area contributed by atoms with E-state index in [-0.39, 0.29) is 23.0 Å². The van der Waals surface area contributed by atoms with Crippen LogP contribution in [0.25, 0.3) is 0 Å². The Hall–Kier alpha value is -3.49. The summed E-state index contributed by atoms with van der Waals surface area (Å²) < 4.78 is 5.07. The molecule has 0 aromatic heterocycles. The third-order valence-corrected chi connectivity index (χ3v) is 3.65. The van der Waals surface area contributed by atoms with Crippen LogP contribution in [0.4, 0.5) is 17.1 Å². The van der Waals surface area contributed by atoms with E-state index in [0.29, 0.717) is 11.3 Å². The van der Waals surface area contributed by atoms with Crippen molar-refractivity contribution >= 4 is 23.0 Å². The predicted octanol–water partition coefficient (Wildman–Crippen LogP) is 3.25. The van der Waals surface area contributed by atoms with Crippen molar-refractivity contribution in [1.82, 2.24) is 0 Å². The summed E-state index contributed by atoms with van der Waals surface area (Å²) >= 11 is 0. The van der Waals surface area contributed by atoms with Gasteiger partial charge in [-0.25, -0.2) is 0 Å². The van der Waals surface area contributed by atoms with Gasteiger partial charge < -0.3 is 10.1 Å². The van der Waals surface area contributed by atoms with E-state index in [1.165, 1.54) is 49.6 Å². The lowest BCUT2D eigenvalue weighted by Crippen LogP contribution is -2.19. The van der Waals surface area contributed by atoms with Crippen LogP contribution in [0.2, 0.25) is 0 Å². The van der Waals surface area contributed by atoms with Crippen LogP contribution in [-0.4, -0.2) is 22.9 Å². The topological polar surface area (TPSA) is 125 Å².